The third-order valence-corrected chi connectivity index (χ3v) is 4.03. The van der Waals surface area contributed by atoms with Crippen LogP contribution in [-0.4, -0.2) is 25.2 Å². The van der Waals surface area contributed by atoms with Crippen LogP contribution in [-0.2, 0) is 9.53 Å². The second-order valence-corrected chi connectivity index (χ2v) is 4.85. The first kappa shape index (κ1) is 10.9. The number of hydrogen-bond donors (Lipinski definition) is 1. The van der Waals surface area contributed by atoms with Crippen LogP contribution in [0.2, 0.25) is 0 Å². The van der Waals surface area contributed by atoms with E-state index in [4.69, 9.17) is 4.74 Å². The number of ether oxygens (including phenoxy) is 1. The highest BCUT2D eigenvalue weighted by Gasteiger charge is 2.51. The molecule has 0 spiro atoms. The molecule has 3 atom stereocenters. The molecule has 3 fully saturated rings. The van der Waals surface area contributed by atoms with Gasteiger partial charge in [-0.25, -0.2) is 0 Å². The van der Waals surface area contributed by atoms with Gasteiger partial charge >= 0.3 is 5.97 Å². The highest BCUT2D eigenvalue weighted by Crippen LogP contribution is 2.40. The number of esters is 1. The van der Waals surface area contributed by atoms with Crippen LogP contribution in [0.1, 0.15) is 33.1 Å². The predicted molar refractivity (Wildman–Crippen MR) is 58.4 cm³/mol. The lowest BCUT2D eigenvalue weighted by Crippen LogP contribution is -2.43. The molecule has 2 saturated heterocycles. The molecule has 3 heteroatoms. The molecule has 0 aromatic carbocycles. The Labute approximate surface area is 91.6 Å². The highest BCUT2D eigenvalue weighted by molar-refractivity contribution is 5.75. The molecule has 15 heavy (non-hydrogen) atoms. The van der Waals surface area contributed by atoms with Gasteiger partial charge in [-0.3, -0.25) is 4.79 Å². The maximum absolute atomic E-state index is 11.8. The Kier molecular flexibility index (Phi) is 3.29. The van der Waals surface area contributed by atoms with E-state index in [0.717, 1.165) is 19.4 Å². The Morgan fingerprint density at radius 3 is 2.67 bits per heavy atom. The Morgan fingerprint density at radius 2 is 2.20 bits per heavy atom. The van der Waals surface area contributed by atoms with Crippen LogP contribution in [0, 0.1) is 17.8 Å². The van der Waals surface area contributed by atoms with Crippen molar-refractivity contribution in [3.63, 3.8) is 0 Å². The number of hydrogen-bond acceptors (Lipinski definition) is 3. The van der Waals surface area contributed by atoms with Crippen molar-refractivity contribution in [1.29, 1.82) is 0 Å². The van der Waals surface area contributed by atoms with E-state index in [0.29, 0.717) is 24.5 Å². The largest absolute Gasteiger partial charge is 0.465 e. The molecular formula is C12H21NO2. The average Bonchev–Trinajstić information content (AvgIpc) is 2.81. The van der Waals surface area contributed by atoms with Crippen molar-refractivity contribution in [2.75, 3.05) is 13.2 Å². The lowest BCUT2D eigenvalue weighted by atomic mass is 9.74. The molecule has 3 nitrogen and oxygen atoms in total. The van der Waals surface area contributed by atoms with Gasteiger partial charge in [0.05, 0.1) is 12.5 Å². The van der Waals surface area contributed by atoms with E-state index in [1.165, 1.54) is 6.42 Å². The van der Waals surface area contributed by atoms with E-state index < -0.39 is 0 Å². The zero-order valence-electron chi connectivity index (χ0n) is 9.66. The van der Waals surface area contributed by atoms with Crippen LogP contribution in [0.15, 0.2) is 0 Å². The van der Waals surface area contributed by atoms with Gasteiger partial charge in [-0.2, -0.15) is 0 Å². The molecule has 1 saturated carbocycles. The van der Waals surface area contributed by atoms with E-state index in [1.54, 1.807) is 0 Å². The van der Waals surface area contributed by atoms with E-state index in [1.807, 2.05) is 0 Å². The minimum Gasteiger partial charge on any atom is -0.465 e. The average molecular weight is 211 g/mol. The molecule has 2 aliphatic heterocycles. The third-order valence-electron chi connectivity index (χ3n) is 4.03. The molecule has 0 aromatic rings. The molecule has 1 aliphatic carbocycles. The van der Waals surface area contributed by atoms with Gasteiger partial charge in [0.15, 0.2) is 0 Å². The SMILES string of the molecule is CCC(CC)COC(=O)C1C2CNC1C2. The lowest BCUT2D eigenvalue weighted by Gasteiger charge is -2.32. The highest BCUT2D eigenvalue weighted by atomic mass is 16.5. The van der Waals surface area contributed by atoms with Gasteiger partial charge in [-0.1, -0.05) is 26.7 Å². The normalized spacial score (nSPS) is 32.9. The summed E-state index contributed by atoms with van der Waals surface area (Å²) in [5.41, 5.74) is 0. The molecule has 0 radical (unpaired) electrons. The van der Waals surface area contributed by atoms with Crippen molar-refractivity contribution < 1.29 is 9.53 Å². The molecule has 2 heterocycles. The Balaban J connectivity index is 1.73. The summed E-state index contributed by atoms with van der Waals surface area (Å²) >= 11 is 0. The van der Waals surface area contributed by atoms with Crippen molar-refractivity contribution in [1.82, 2.24) is 5.32 Å². The number of rotatable bonds is 5. The smallest absolute Gasteiger partial charge is 0.310 e. The minimum atomic E-state index is 0.0353. The second kappa shape index (κ2) is 4.52. The van der Waals surface area contributed by atoms with Crippen LogP contribution in [0.25, 0.3) is 0 Å². The number of nitrogens with one attached hydrogen (secondary N) is 1. The van der Waals surface area contributed by atoms with E-state index in [9.17, 15) is 4.79 Å². The number of carbonyl (C=O) groups is 1. The van der Waals surface area contributed by atoms with E-state index in [2.05, 4.69) is 19.2 Å². The van der Waals surface area contributed by atoms with Crippen molar-refractivity contribution in [3.8, 4) is 0 Å². The fourth-order valence-electron chi connectivity index (χ4n) is 2.65. The van der Waals surface area contributed by atoms with Crippen LogP contribution < -0.4 is 5.32 Å². The van der Waals surface area contributed by atoms with Crippen LogP contribution in [0.4, 0.5) is 0 Å². The van der Waals surface area contributed by atoms with Crippen LogP contribution in [0.3, 0.4) is 0 Å². The Bertz CT molecular complexity index is 224. The van der Waals surface area contributed by atoms with Gasteiger partial charge in [-0.05, 0) is 24.8 Å². The van der Waals surface area contributed by atoms with Crippen LogP contribution in [0.5, 0.6) is 0 Å². The van der Waals surface area contributed by atoms with E-state index in [-0.39, 0.29) is 11.9 Å². The van der Waals surface area contributed by atoms with Gasteiger partial charge in [0.25, 0.3) is 0 Å². The maximum atomic E-state index is 11.8. The maximum Gasteiger partial charge on any atom is 0.310 e. The first-order valence-electron chi connectivity index (χ1n) is 6.16. The first-order chi connectivity index (χ1) is 7.26. The van der Waals surface area contributed by atoms with Crippen molar-refractivity contribution in [2.24, 2.45) is 17.8 Å². The van der Waals surface area contributed by atoms with E-state index >= 15 is 0 Å². The molecule has 0 aromatic heterocycles. The zero-order chi connectivity index (χ0) is 10.8. The lowest BCUT2D eigenvalue weighted by molar-refractivity contribution is -0.155. The van der Waals surface area contributed by atoms with Crippen molar-refractivity contribution in [2.45, 2.75) is 39.2 Å². The molecule has 3 aliphatic rings. The summed E-state index contributed by atoms with van der Waals surface area (Å²) in [5, 5.41) is 3.34. The third kappa shape index (κ3) is 2.03. The summed E-state index contributed by atoms with van der Waals surface area (Å²) < 4.78 is 5.39. The number of fused-ring (bicyclic) bond motifs is 1. The predicted octanol–water partition coefficient (Wildman–Crippen LogP) is 1.57. The summed E-state index contributed by atoms with van der Waals surface area (Å²) in [7, 11) is 0. The molecule has 86 valence electrons. The quantitative estimate of drug-likeness (QED) is 0.702. The Hall–Kier alpha value is -0.570. The molecule has 3 rings (SSSR count). The minimum absolute atomic E-state index is 0.0353. The first-order valence-corrected chi connectivity index (χ1v) is 6.16. The standard InChI is InChI=1S/C12H21NO2/c1-3-8(4-2)7-15-12(14)11-9-5-10(11)13-6-9/h8-11,13H,3-7H2,1-2H3. The van der Waals surface area contributed by atoms with Crippen LogP contribution >= 0.6 is 0 Å². The molecule has 1 N–H and O–H groups in total. The van der Waals surface area contributed by atoms with Gasteiger partial charge in [0, 0.05) is 6.04 Å². The van der Waals surface area contributed by atoms with Gasteiger partial charge in [0.2, 0.25) is 0 Å². The van der Waals surface area contributed by atoms with Crippen molar-refractivity contribution in [3.05, 3.63) is 0 Å². The van der Waals surface area contributed by atoms with Crippen molar-refractivity contribution >= 4 is 5.97 Å². The molecule has 3 unspecified atom stereocenters. The topological polar surface area (TPSA) is 38.3 Å². The fourth-order valence-corrected chi connectivity index (χ4v) is 2.65. The molecular weight excluding hydrogens is 190 g/mol. The van der Waals surface area contributed by atoms with Gasteiger partial charge in [-0.15, -0.1) is 0 Å². The zero-order valence-corrected chi connectivity index (χ0v) is 9.66. The summed E-state index contributed by atoms with van der Waals surface area (Å²) in [6, 6.07) is 0.421. The summed E-state index contributed by atoms with van der Waals surface area (Å²) in [5.74, 6) is 1.30. The fraction of sp³-hybridized carbons (Fsp3) is 0.917. The monoisotopic (exact) mass is 211 g/mol. The molecule has 2 bridgehead atoms. The summed E-state index contributed by atoms with van der Waals surface area (Å²) in [4.78, 5) is 11.8. The van der Waals surface area contributed by atoms with Gasteiger partial charge in [0.1, 0.15) is 0 Å². The number of carbonyl (C=O) groups excluding carboxylic acids is 1. The summed E-state index contributed by atoms with van der Waals surface area (Å²) in [6.45, 7) is 5.92. The second-order valence-electron chi connectivity index (χ2n) is 4.85. The van der Waals surface area contributed by atoms with Gasteiger partial charge < -0.3 is 10.1 Å². The summed E-state index contributed by atoms with van der Waals surface area (Å²) in [6.07, 6.45) is 3.36. The molecule has 0 amide bonds. The Morgan fingerprint density at radius 1 is 1.47 bits per heavy atom.